The number of fused-ring (bicyclic) bond motifs is 3. The van der Waals surface area contributed by atoms with Gasteiger partial charge in [-0.3, -0.25) is 0 Å². The van der Waals surface area contributed by atoms with E-state index in [4.69, 9.17) is 16.3 Å². The van der Waals surface area contributed by atoms with Crippen molar-refractivity contribution in [2.45, 2.75) is 58.5 Å². The van der Waals surface area contributed by atoms with E-state index in [1.165, 1.54) is 54.9 Å². The van der Waals surface area contributed by atoms with Crippen molar-refractivity contribution in [1.82, 2.24) is 10.2 Å². The van der Waals surface area contributed by atoms with E-state index in [-0.39, 0.29) is 10.5 Å². The van der Waals surface area contributed by atoms with Gasteiger partial charge in [0.25, 0.3) is 11.4 Å². The van der Waals surface area contributed by atoms with Crippen LogP contribution in [0.15, 0.2) is 85.2 Å². The number of carbonyl (C=O) groups excluding carboxylic acids is 1. The maximum absolute atomic E-state index is 12.1. The number of hydrogen-bond donors (Lipinski definition) is 0. The van der Waals surface area contributed by atoms with Gasteiger partial charge in [0.2, 0.25) is 13.1 Å². The second-order valence-electron chi connectivity index (χ2n) is 9.27. The Morgan fingerprint density at radius 1 is 0.846 bits per heavy atom. The van der Waals surface area contributed by atoms with E-state index in [2.05, 4.69) is 75.0 Å². The molecule has 6 nitrogen and oxygen atoms in total. The van der Waals surface area contributed by atoms with Gasteiger partial charge in [-0.1, -0.05) is 81.0 Å². The minimum absolute atomic E-state index is 0.198. The van der Waals surface area contributed by atoms with E-state index in [1.54, 1.807) is 0 Å². The molecule has 0 amide bonds. The molecule has 0 saturated carbocycles. The molecule has 0 atom stereocenters. The molecule has 1 aliphatic heterocycles. The number of unbranched alkanes of at least 4 members (excludes halogenated alkanes) is 5. The Labute approximate surface area is 240 Å². The monoisotopic (exact) mass is 562 g/mol. The highest BCUT2D eigenvalue weighted by atomic mass is 35.5. The molecule has 1 aliphatic rings. The van der Waals surface area contributed by atoms with Gasteiger partial charge < -0.3 is 4.74 Å². The quantitative estimate of drug-likeness (QED) is 0.121. The van der Waals surface area contributed by atoms with E-state index in [0.29, 0.717) is 11.4 Å². The molecule has 0 spiro atoms. The Morgan fingerprint density at radius 3 is 2.13 bits per heavy atom. The fourth-order valence-corrected chi connectivity index (χ4v) is 5.21. The number of halogens is 1. The Morgan fingerprint density at radius 2 is 1.46 bits per heavy atom. The number of ether oxygens (including phenoxy) is 1. The normalized spacial score (nSPS) is 11.5. The lowest BCUT2D eigenvalue weighted by molar-refractivity contribution is -0.794. The van der Waals surface area contributed by atoms with Gasteiger partial charge in [0.15, 0.2) is 23.3 Å². The highest BCUT2D eigenvalue weighted by Gasteiger charge is 2.27. The van der Waals surface area contributed by atoms with Crippen LogP contribution in [0.3, 0.4) is 0 Å². The SMILES string of the molecule is CCCCCCCCSC(=O)Oc1cc(Cl)nnc1-c1ccccc1.c1cc[n+]2c(c1)-c1cccc[n+]1CC2. The van der Waals surface area contributed by atoms with Crippen LogP contribution in [0, 0.1) is 0 Å². The average Bonchev–Trinajstić information content (AvgIpc) is 2.97. The average molecular weight is 563 g/mol. The molecule has 1 aromatic carbocycles. The summed E-state index contributed by atoms with van der Waals surface area (Å²) in [6.45, 7) is 4.34. The molecule has 0 unspecified atom stereocenters. The molecule has 3 aromatic heterocycles. The molecular weight excluding hydrogens is 528 g/mol. The second-order valence-corrected chi connectivity index (χ2v) is 10.7. The smallest absolute Gasteiger partial charge is 0.372 e. The lowest BCUT2D eigenvalue weighted by Gasteiger charge is -2.09. The summed E-state index contributed by atoms with van der Waals surface area (Å²) < 4.78 is 10.1. The highest BCUT2D eigenvalue weighted by Crippen LogP contribution is 2.30. The number of benzene rings is 1. The molecule has 0 aliphatic carbocycles. The third-order valence-electron chi connectivity index (χ3n) is 6.41. The molecule has 8 heteroatoms. The Hall–Kier alpha value is -3.29. The van der Waals surface area contributed by atoms with Crippen molar-refractivity contribution >= 4 is 28.7 Å². The van der Waals surface area contributed by atoms with Crippen LogP contribution < -0.4 is 13.9 Å². The van der Waals surface area contributed by atoms with Crippen molar-refractivity contribution in [1.29, 1.82) is 0 Å². The van der Waals surface area contributed by atoms with Crippen molar-refractivity contribution in [2.75, 3.05) is 5.75 Å². The first-order chi connectivity index (χ1) is 19.2. The fraction of sp³-hybridized carbons (Fsp3) is 0.323. The number of nitrogens with zero attached hydrogens (tertiary/aromatic N) is 4. The molecule has 4 heterocycles. The Kier molecular flexibility index (Phi) is 11.3. The minimum Gasteiger partial charge on any atom is -0.416 e. The van der Waals surface area contributed by atoms with E-state index in [9.17, 15) is 4.79 Å². The lowest BCUT2D eigenvalue weighted by atomic mass is 10.1. The lowest BCUT2D eigenvalue weighted by Crippen LogP contribution is -2.52. The topological polar surface area (TPSA) is 59.8 Å². The minimum atomic E-state index is -0.338. The van der Waals surface area contributed by atoms with Crippen LogP contribution in [0.2, 0.25) is 5.15 Å². The van der Waals surface area contributed by atoms with Gasteiger partial charge in [-0.25, -0.2) is 4.79 Å². The van der Waals surface area contributed by atoms with E-state index >= 15 is 0 Å². The molecule has 0 radical (unpaired) electrons. The molecule has 0 fully saturated rings. The Bertz CT molecular complexity index is 1310. The van der Waals surface area contributed by atoms with Gasteiger partial charge in [0.1, 0.15) is 5.69 Å². The number of aryl methyl sites for hydroxylation is 2. The van der Waals surface area contributed by atoms with Crippen LogP contribution in [0.5, 0.6) is 5.75 Å². The first-order valence-electron chi connectivity index (χ1n) is 13.6. The van der Waals surface area contributed by atoms with Crippen LogP contribution >= 0.6 is 23.4 Å². The largest absolute Gasteiger partial charge is 0.416 e. The fourth-order valence-electron chi connectivity index (χ4n) is 4.41. The van der Waals surface area contributed by atoms with Crippen molar-refractivity contribution in [3.05, 3.63) is 90.3 Å². The Balaban J connectivity index is 0.000000210. The summed E-state index contributed by atoms with van der Waals surface area (Å²) in [5, 5.41) is 7.78. The van der Waals surface area contributed by atoms with E-state index < -0.39 is 0 Å². The summed E-state index contributed by atoms with van der Waals surface area (Å²) in [4.78, 5) is 12.1. The maximum Gasteiger partial charge on any atom is 0.372 e. The van der Waals surface area contributed by atoms with Crippen LogP contribution in [-0.4, -0.2) is 21.3 Å². The molecule has 5 rings (SSSR count). The third-order valence-corrected chi connectivity index (χ3v) is 7.41. The molecule has 4 aromatic rings. The summed E-state index contributed by atoms with van der Waals surface area (Å²) in [6, 6.07) is 23.7. The van der Waals surface area contributed by atoms with E-state index in [0.717, 1.165) is 37.2 Å². The highest BCUT2D eigenvalue weighted by molar-refractivity contribution is 8.13. The van der Waals surface area contributed by atoms with Gasteiger partial charge in [-0.15, -0.1) is 10.2 Å². The summed E-state index contributed by atoms with van der Waals surface area (Å²) in [5.41, 5.74) is 3.95. The number of hydrogen-bond acceptors (Lipinski definition) is 5. The molecule has 0 bridgehead atoms. The van der Waals surface area contributed by atoms with Gasteiger partial charge in [0, 0.05) is 41.6 Å². The third kappa shape index (κ3) is 8.60. The number of aromatic nitrogens is 4. The number of thioether (sulfide) groups is 1. The second kappa shape index (κ2) is 15.3. The summed E-state index contributed by atoms with van der Waals surface area (Å²) in [5.74, 6) is 1.10. The number of pyridine rings is 2. The molecule has 39 heavy (non-hydrogen) atoms. The molecule has 0 N–H and O–H groups in total. The zero-order valence-electron chi connectivity index (χ0n) is 22.3. The molecule has 0 saturated heterocycles. The van der Waals surface area contributed by atoms with Gasteiger partial charge in [-0.05, 0) is 30.3 Å². The zero-order valence-corrected chi connectivity index (χ0v) is 23.9. The van der Waals surface area contributed by atoms with Gasteiger partial charge in [0.05, 0.1) is 0 Å². The van der Waals surface area contributed by atoms with Gasteiger partial charge >= 0.3 is 5.30 Å². The van der Waals surface area contributed by atoms with Crippen LogP contribution in [-0.2, 0) is 13.1 Å². The van der Waals surface area contributed by atoms with Crippen molar-refractivity contribution in [2.24, 2.45) is 0 Å². The summed E-state index contributed by atoms with van der Waals surface area (Å²) in [7, 11) is 0. The summed E-state index contributed by atoms with van der Waals surface area (Å²) in [6.07, 6.45) is 11.5. The van der Waals surface area contributed by atoms with E-state index in [1.807, 2.05) is 30.3 Å². The predicted molar refractivity (Wildman–Crippen MR) is 157 cm³/mol. The zero-order chi connectivity index (χ0) is 27.3. The first kappa shape index (κ1) is 28.7. The van der Waals surface area contributed by atoms with Crippen molar-refractivity contribution in [3.63, 3.8) is 0 Å². The van der Waals surface area contributed by atoms with Crippen molar-refractivity contribution < 1.29 is 18.7 Å². The predicted octanol–water partition coefficient (Wildman–Crippen LogP) is 7.33. The maximum atomic E-state index is 12.1. The van der Waals surface area contributed by atoms with Gasteiger partial charge in [-0.2, -0.15) is 9.13 Å². The molecule has 202 valence electrons. The standard InChI is InChI=1S/C19H23ClN2O2S.C12H12N2/c1-2-3-4-5-6-10-13-25-19(23)24-16-14-17(20)21-22-18(16)15-11-8-7-9-12-15;1-3-7-13-9-10-14-8-4-2-6-12(14)11(13)5-1/h7-9,11-12,14H,2-6,10,13H2,1H3;1-8H,9-10H2/q;+2. The van der Waals surface area contributed by atoms with Crippen LogP contribution in [0.4, 0.5) is 4.79 Å². The summed E-state index contributed by atoms with van der Waals surface area (Å²) >= 11 is 7.10. The van der Waals surface area contributed by atoms with Crippen LogP contribution in [0.25, 0.3) is 22.6 Å². The molecular formula is C31H35ClN4O2S+2. The number of carbonyl (C=O) groups is 1. The van der Waals surface area contributed by atoms with Crippen LogP contribution in [0.1, 0.15) is 45.4 Å². The van der Waals surface area contributed by atoms with Crippen molar-refractivity contribution in [3.8, 4) is 28.4 Å². The number of rotatable bonds is 9. The first-order valence-corrected chi connectivity index (χ1v) is 14.9.